The van der Waals surface area contributed by atoms with E-state index in [1.54, 1.807) is 31.3 Å². The first-order valence-electron chi connectivity index (χ1n) is 10.6. The van der Waals surface area contributed by atoms with Crippen LogP contribution in [0.1, 0.15) is 40.0 Å². The molecule has 3 rings (SSSR count). The van der Waals surface area contributed by atoms with Crippen molar-refractivity contribution in [2.45, 2.75) is 45.6 Å². The van der Waals surface area contributed by atoms with Crippen molar-refractivity contribution >= 4 is 17.9 Å². The maximum absolute atomic E-state index is 12.5. The monoisotopic (exact) mass is 445 g/mol. The summed E-state index contributed by atoms with van der Waals surface area (Å²) in [6, 6.07) is 5.35. The molecule has 0 unspecified atom stereocenters. The van der Waals surface area contributed by atoms with E-state index in [0.29, 0.717) is 42.4 Å². The molecule has 10 heteroatoms. The second-order valence-electron chi connectivity index (χ2n) is 8.74. The van der Waals surface area contributed by atoms with Gasteiger partial charge in [0.25, 0.3) is 0 Å². The number of carbonyl (C=O) groups is 2. The number of anilines is 1. The van der Waals surface area contributed by atoms with Gasteiger partial charge in [0.1, 0.15) is 17.1 Å². The lowest BCUT2D eigenvalue weighted by molar-refractivity contribution is -0.117. The van der Waals surface area contributed by atoms with Crippen LogP contribution in [0.4, 0.5) is 10.7 Å². The molecule has 32 heavy (non-hydrogen) atoms. The van der Waals surface area contributed by atoms with Crippen LogP contribution in [0, 0.1) is 5.92 Å². The van der Waals surface area contributed by atoms with Crippen LogP contribution in [0.15, 0.2) is 18.2 Å². The molecule has 0 spiro atoms. The van der Waals surface area contributed by atoms with E-state index in [-0.39, 0.29) is 23.9 Å². The van der Waals surface area contributed by atoms with Crippen LogP contribution in [0.2, 0.25) is 0 Å². The first-order valence-corrected chi connectivity index (χ1v) is 10.6. The predicted octanol–water partition coefficient (Wildman–Crippen LogP) is 3.46. The second kappa shape index (κ2) is 9.88. The molecule has 174 valence electrons. The van der Waals surface area contributed by atoms with E-state index in [1.807, 2.05) is 26.8 Å². The third kappa shape index (κ3) is 6.12. The highest BCUT2D eigenvalue weighted by Gasteiger charge is 2.28. The summed E-state index contributed by atoms with van der Waals surface area (Å²) < 4.78 is 16.0. The van der Waals surface area contributed by atoms with Crippen molar-refractivity contribution in [3.63, 3.8) is 0 Å². The third-order valence-corrected chi connectivity index (χ3v) is 5.14. The summed E-state index contributed by atoms with van der Waals surface area (Å²) >= 11 is 0. The molecule has 2 amide bonds. The number of hydrogen-bond acceptors (Lipinski definition) is 7. The zero-order chi connectivity index (χ0) is 23.3. The molecule has 10 nitrogen and oxygen atoms in total. The van der Waals surface area contributed by atoms with Crippen LogP contribution in [0.3, 0.4) is 0 Å². The standard InChI is InChI=1S/C22H31N5O5/c1-22(2,3)32-21(29)27-10-8-14(9-11-27)12-18(28)23-20-24-19(25-26-20)16-7-6-15(30-4)13-17(16)31-5/h6-7,13-14H,8-12H2,1-5H3,(H2,23,24,25,26,28). The number of H-pyrrole nitrogens is 1. The van der Waals surface area contributed by atoms with E-state index < -0.39 is 5.60 Å². The summed E-state index contributed by atoms with van der Waals surface area (Å²) in [5.74, 6) is 1.95. The van der Waals surface area contributed by atoms with Gasteiger partial charge in [0, 0.05) is 25.6 Å². The van der Waals surface area contributed by atoms with Crippen LogP contribution < -0.4 is 14.8 Å². The van der Waals surface area contributed by atoms with Crippen LogP contribution in [-0.2, 0) is 9.53 Å². The Labute approximate surface area is 187 Å². The normalized spacial score (nSPS) is 14.7. The smallest absolute Gasteiger partial charge is 0.410 e. The summed E-state index contributed by atoms with van der Waals surface area (Å²) in [6.07, 6.45) is 1.53. The van der Waals surface area contributed by atoms with Gasteiger partial charge in [-0.2, -0.15) is 4.98 Å². The first kappa shape index (κ1) is 23.4. The molecule has 1 aliphatic rings. The number of benzene rings is 1. The van der Waals surface area contributed by atoms with Gasteiger partial charge in [-0.25, -0.2) is 4.79 Å². The Bertz CT molecular complexity index is 944. The molecule has 2 N–H and O–H groups in total. The molecular formula is C22H31N5O5. The van der Waals surface area contributed by atoms with E-state index in [0.717, 1.165) is 12.8 Å². The van der Waals surface area contributed by atoms with Gasteiger partial charge in [-0.15, -0.1) is 5.10 Å². The Hall–Kier alpha value is -3.30. The fourth-order valence-corrected chi connectivity index (χ4v) is 3.52. The molecular weight excluding hydrogens is 414 g/mol. The highest BCUT2D eigenvalue weighted by Crippen LogP contribution is 2.31. The number of nitrogens with one attached hydrogen (secondary N) is 2. The highest BCUT2D eigenvalue weighted by molar-refractivity contribution is 5.89. The molecule has 1 aliphatic heterocycles. The van der Waals surface area contributed by atoms with Crippen molar-refractivity contribution < 1.29 is 23.8 Å². The Morgan fingerprint density at radius 2 is 1.91 bits per heavy atom. The van der Waals surface area contributed by atoms with E-state index in [4.69, 9.17) is 14.2 Å². The number of carbonyl (C=O) groups excluding carboxylic acids is 2. The predicted molar refractivity (Wildman–Crippen MR) is 119 cm³/mol. The Morgan fingerprint density at radius 3 is 2.53 bits per heavy atom. The van der Waals surface area contributed by atoms with Gasteiger partial charge in [-0.05, 0) is 51.7 Å². The van der Waals surface area contributed by atoms with E-state index in [1.165, 1.54) is 0 Å². The molecule has 0 atom stereocenters. The molecule has 1 fully saturated rings. The minimum atomic E-state index is -0.515. The van der Waals surface area contributed by atoms with E-state index in [9.17, 15) is 9.59 Å². The number of aromatic nitrogens is 3. The van der Waals surface area contributed by atoms with Gasteiger partial charge >= 0.3 is 6.09 Å². The van der Waals surface area contributed by atoms with Gasteiger partial charge in [-0.1, -0.05) is 0 Å². The number of likely N-dealkylation sites (tertiary alicyclic amines) is 1. The van der Waals surface area contributed by atoms with Crippen molar-refractivity contribution in [3.8, 4) is 22.9 Å². The molecule has 0 saturated carbocycles. The summed E-state index contributed by atoms with van der Waals surface area (Å²) in [7, 11) is 3.14. The fraction of sp³-hybridized carbons (Fsp3) is 0.545. The molecule has 2 aromatic rings. The number of methoxy groups -OCH3 is 2. The number of hydrogen-bond donors (Lipinski definition) is 2. The van der Waals surface area contributed by atoms with Crippen LogP contribution in [0.5, 0.6) is 11.5 Å². The fourth-order valence-electron chi connectivity index (χ4n) is 3.52. The van der Waals surface area contributed by atoms with E-state index in [2.05, 4.69) is 20.5 Å². The second-order valence-corrected chi connectivity index (χ2v) is 8.74. The van der Waals surface area contributed by atoms with Gasteiger partial charge < -0.3 is 19.1 Å². The van der Waals surface area contributed by atoms with Crippen LogP contribution >= 0.6 is 0 Å². The Morgan fingerprint density at radius 1 is 1.19 bits per heavy atom. The molecule has 2 heterocycles. The van der Waals surface area contributed by atoms with E-state index >= 15 is 0 Å². The number of ether oxygens (including phenoxy) is 3. The average molecular weight is 446 g/mol. The van der Waals surface area contributed by atoms with Gasteiger partial charge in [0.15, 0.2) is 5.82 Å². The maximum Gasteiger partial charge on any atom is 0.410 e. The highest BCUT2D eigenvalue weighted by atomic mass is 16.6. The molecule has 1 aromatic heterocycles. The number of nitrogens with zero attached hydrogens (tertiary/aromatic N) is 3. The number of piperidine rings is 1. The lowest BCUT2D eigenvalue weighted by Gasteiger charge is -2.33. The van der Waals surface area contributed by atoms with Gasteiger partial charge in [0.2, 0.25) is 11.9 Å². The van der Waals surface area contributed by atoms with Crippen LogP contribution in [0.25, 0.3) is 11.4 Å². The molecule has 1 saturated heterocycles. The number of aromatic amines is 1. The summed E-state index contributed by atoms with van der Waals surface area (Å²) in [6.45, 7) is 6.70. The van der Waals surface area contributed by atoms with Crippen molar-refractivity contribution in [2.24, 2.45) is 5.92 Å². The minimum Gasteiger partial charge on any atom is -0.497 e. The zero-order valence-electron chi connectivity index (χ0n) is 19.2. The molecule has 1 aromatic carbocycles. The molecule has 0 bridgehead atoms. The number of rotatable bonds is 6. The zero-order valence-corrected chi connectivity index (χ0v) is 19.2. The van der Waals surface area contributed by atoms with Gasteiger partial charge in [-0.3, -0.25) is 15.2 Å². The third-order valence-electron chi connectivity index (χ3n) is 5.14. The van der Waals surface area contributed by atoms with Crippen molar-refractivity contribution in [3.05, 3.63) is 18.2 Å². The SMILES string of the molecule is COc1ccc(-c2nc(NC(=O)CC3CCN(C(=O)OC(C)(C)C)CC3)n[nH]2)c(OC)c1. The lowest BCUT2D eigenvalue weighted by atomic mass is 9.93. The van der Waals surface area contributed by atoms with Crippen LogP contribution in [-0.4, -0.2) is 65.0 Å². The van der Waals surface area contributed by atoms with Crippen molar-refractivity contribution in [1.29, 1.82) is 0 Å². The number of amides is 2. The Kier molecular flexibility index (Phi) is 7.22. The Balaban J connectivity index is 1.52. The topological polar surface area (TPSA) is 119 Å². The maximum atomic E-state index is 12.5. The summed E-state index contributed by atoms with van der Waals surface area (Å²) in [5.41, 5.74) is 0.190. The average Bonchev–Trinajstić information content (AvgIpc) is 3.20. The lowest BCUT2D eigenvalue weighted by Crippen LogP contribution is -2.42. The minimum absolute atomic E-state index is 0.159. The largest absolute Gasteiger partial charge is 0.497 e. The summed E-state index contributed by atoms with van der Waals surface area (Å²) in [5, 5.41) is 9.66. The van der Waals surface area contributed by atoms with Crippen molar-refractivity contribution in [2.75, 3.05) is 32.6 Å². The summed E-state index contributed by atoms with van der Waals surface area (Å²) in [4.78, 5) is 30.7. The first-order chi connectivity index (χ1) is 15.2. The van der Waals surface area contributed by atoms with Crippen molar-refractivity contribution in [1.82, 2.24) is 20.1 Å². The molecule has 0 aliphatic carbocycles. The quantitative estimate of drug-likeness (QED) is 0.699. The molecule has 0 radical (unpaired) electrons. The van der Waals surface area contributed by atoms with Gasteiger partial charge in [0.05, 0.1) is 19.8 Å².